The average Bonchev–Trinajstić information content (AvgIpc) is 2.76. The lowest BCUT2D eigenvalue weighted by molar-refractivity contribution is 0.0748. The van der Waals surface area contributed by atoms with Crippen LogP contribution in [0.3, 0.4) is 0 Å². The molecule has 2 aliphatic heterocycles. The molecule has 1 aromatic rings. The summed E-state index contributed by atoms with van der Waals surface area (Å²) in [6.07, 6.45) is 1.78. The molecule has 3 nitrogen and oxygen atoms in total. The first kappa shape index (κ1) is 17.6. The number of nitrogens with zero attached hydrogens (tertiary/aromatic N) is 1. The van der Waals surface area contributed by atoms with Gasteiger partial charge in [-0.25, -0.2) is 8.78 Å². The van der Waals surface area contributed by atoms with Gasteiger partial charge in [0.25, 0.3) is 5.91 Å². The van der Waals surface area contributed by atoms with Gasteiger partial charge >= 0.3 is 0 Å². The average molecular weight is 396 g/mol. The molecule has 0 bridgehead atoms. The molecule has 0 radical (unpaired) electrons. The van der Waals surface area contributed by atoms with Crippen molar-refractivity contribution in [3.8, 4) is 0 Å². The fourth-order valence-corrected chi connectivity index (χ4v) is 3.73. The van der Waals surface area contributed by atoms with Crippen LogP contribution in [0.2, 0.25) is 0 Å². The fraction of sp³-hybridized carbons (Fsp3) is 0.533. The third-order valence-corrected chi connectivity index (χ3v) is 4.99. The number of benzene rings is 1. The van der Waals surface area contributed by atoms with E-state index >= 15 is 0 Å². The summed E-state index contributed by atoms with van der Waals surface area (Å²) in [5.74, 6) is -1.01. The van der Waals surface area contributed by atoms with Gasteiger partial charge < -0.3 is 10.2 Å². The molecule has 2 atom stereocenters. The lowest BCUT2D eigenvalue weighted by atomic mass is 9.92. The molecule has 1 aromatic carbocycles. The Kier molecular flexibility index (Phi) is 5.80. The highest BCUT2D eigenvalue weighted by Crippen LogP contribution is 2.28. The first-order valence-electron chi connectivity index (χ1n) is 7.21. The highest BCUT2D eigenvalue weighted by atomic mass is 79.9. The van der Waals surface area contributed by atoms with Gasteiger partial charge in [-0.15, -0.1) is 12.4 Å². The quantitative estimate of drug-likeness (QED) is 0.792. The predicted molar refractivity (Wildman–Crippen MR) is 86.3 cm³/mol. The van der Waals surface area contributed by atoms with E-state index in [-0.39, 0.29) is 12.4 Å². The van der Waals surface area contributed by atoms with Gasteiger partial charge in [0, 0.05) is 17.6 Å². The van der Waals surface area contributed by atoms with Crippen molar-refractivity contribution in [2.75, 3.05) is 26.2 Å². The molecule has 1 N–H and O–H groups in total. The fourth-order valence-electron chi connectivity index (χ4n) is 3.33. The smallest absolute Gasteiger partial charge is 0.259 e. The zero-order valence-electron chi connectivity index (χ0n) is 11.9. The van der Waals surface area contributed by atoms with E-state index in [2.05, 4.69) is 21.2 Å². The Balaban J connectivity index is 0.00000176. The van der Waals surface area contributed by atoms with E-state index in [0.717, 1.165) is 38.1 Å². The largest absolute Gasteiger partial charge is 0.338 e. The Morgan fingerprint density at radius 3 is 2.14 bits per heavy atom. The van der Waals surface area contributed by atoms with Gasteiger partial charge in [0.15, 0.2) is 0 Å². The van der Waals surface area contributed by atoms with Crippen molar-refractivity contribution in [3.05, 3.63) is 33.8 Å². The van der Waals surface area contributed by atoms with Gasteiger partial charge in [-0.3, -0.25) is 4.79 Å². The third kappa shape index (κ3) is 3.44. The Hall–Kier alpha value is -0.720. The lowest BCUT2D eigenvalue weighted by Crippen LogP contribution is -2.34. The maximum Gasteiger partial charge on any atom is 0.259 e. The van der Waals surface area contributed by atoms with Gasteiger partial charge in [-0.05, 0) is 49.9 Å². The summed E-state index contributed by atoms with van der Waals surface area (Å²) < 4.78 is 28.1. The van der Waals surface area contributed by atoms with Crippen LogP contribution in [-0.2, 0) is 0 Å². The van der Waals surface area contributed by atoms with Crippen LogP contribution in [-0.4, -0.2) is 37.0 Å². The Morgan fingerprint density at radius 2 is 1.64 bits per heavy atom. The van der Waals surface area contributed by atoms with Gasteiger partial charge in [0.2, 0.25) is 0 Å². The number of halogens is 4. The number of hydrogen-bond acceptors (Lipinski definition) is 2. The summed E-state index contributed by atoms with van der Waals surface area (Å²) in [5.41, 5.74) is -0.441. The molecule has 2 aliphatic rings. The summed E-state index contributed by atoms with van der Waals surface area (Å²) in [6, 6.07) is 2.26. The van der Waals surface area contributed by atoms with E-state index in [4.69, 9.17) is 0 Å². The van der Waals surface area contributed by atoms with E-state index < -0.39 is 23.1 Å². The molecule has 2 fully saturated rings. The SMILES string of the molecule is Cl.O=C(c1c(F)cc(Br)cc1F)N1CC[C@@H]2CNC[C@@H]2CC1. The number of carbonyl (C=O) groups is 1. The number of likely N-dealkylation sites (tertiary alicyclic amines) is 1. The minimum absolute atomic E-state index is 0. The van der Waals surface area contributed by atoms with Crippen molar-refractivity contribution in [1.82, 2.24) is 10.2 Å². The first-order chi connectivity index (χ1) is 10.1. The van der Waals surface area contributed by atoms with Crippen LogP contribution in [0.1, 0.15) is 23.2 Å². The van der Waals surface area contributed by atoms with E-state index in [0.29, 0.717) is 29.4 Å². The predicted octanol–water partition coefficient (Wildman–Crippen LogP) is 3.22. The highest BCUT2D eigenvalue weighted by Gasteiger charge is 2.33. The van der Waals surface area contributed by atoms with Crippen LogP contribution in [0, 0.1) is 23.5 Å². The number of nitrogens with one attached hydrogen (secondary N) is 1. The monoisotopic (exact) mass is 394 g/mol. The molecular weight excluding hydrogens is 378 g/mol. The van der Waals surface area contributed by atoms with E-state index in [1.165, 1.54) is 0 Å². The standard InChI is InChI=1S/C15H17BrF2N2O.ClH/c16-11-5-12(17)14(13(18)6-11)15(21)20-3-1-9-7-19-8-10(9)2-4-20;/h5-6,9-10,19H,1-4,7-8H2;1H/t9-,10+;. The van der Waals surface area contributed by atoms with Crippen molar-refractivity contribution in [2.45, 2.75) is 12.8 Å². The molecule has 7 heteroatoms. The summed E-state index contributed by atoms with van der Waals surface area (Å²) >= 11 is 3.03. The van der Waals surface area contributed by atoms with Crippen molar-refractivity contribution in [3.63, 3.8) is 0 Å². The summed E-state index contributed by atoms with van der Waals surface area (Å²) in [5, 5.41) is 3.36. The maximum atomic E-state index is 13.9. The number of hydrogen-bond donors (Lipinski definition) is 1. The second kappa shape index (κ2) is 7.23. The first-order valence-corrected chi connectivity index (χ1v) is 8.00. The second-order valence-corrected chi connectivity index (χ2v) is 6.71. The number of amides is 1. The molecule has 122 valence electrons. The highest BCUT2D eigenvalue weighted by molar-refractivity contribution is 9.10. The number of carbonyl (C=O) groups excluding carboxylic acids is 1. The molecule has 2 heterocycles. The van der Waals surface area contributed by atoms with Crippen molar-refractivity contribution >= 4 is 34.2 Å². The van der Waals surface area contributed by atoms with Crippen LogP contribution in [0.25, 0.3) is 0 Å². The van der Waals surface area contributed by atoms with Crippen LogP contribution < -0.4 is 5.32 Å². The molecule has 0 unspecified atom stereocenters. The molecule has 0 aromatic heterocycles. The van der Waals surface area contributed by atoms with Crippen LogP contribution >= 0.6 is 28.3 Å². The molecule has 2 saturated heterocycles. The molecule has 0 saturated carbocycles. The topological polar surface area (TPSA) is 32.3 Å². The summed E-state index contributed by atoms with van der Waals surface area (Å²) in [6.45, 7) is 3.09. The second-order valence-electron chi connectivity index (χ2n) is 5.79. The van der Waals surface area contributed by atoms with Crippen molar-refractivity contribution < 1.29 is 13.6 Å². The number of rotatable bonds is 1. The molecule has 0 spiro atoms. The Morgan fingerprint density at radius 1 is 1.14 bits per heavy atom. The minimum atomic E-state index is -0.807. The van der Waals surface area contributed by atoms with Crippen LogP contribution in [0.5, 0.6) is 0 Å². The van der Waals surface area contributed by atoms with Crippen molar-refractivity contribution in [1.29, 1.82) is 0 Å². The van der Waals surface area contributed by atoms with E-state index in [1.807, 2.05) is 0 Å². The lowest BCUT2D eigenvalue weighted by Gasteiger charge is -2.21. The molecular formula is C15H18BrClF2N2O. The van der Waals surface area contributed by atoms with Crippen LogP contribution in [0.4, 0.5) is 8.78 Å². The van der Waals surface area contributed by atoms with Crippen LogP contribution in [0.15, 0.2) is 16.6 Å². The normalized spacial score (nSPS) is 24.4. The Labute approximate surface area is 143 Å². The van der Waals surface area contributed by atoms with Gasteiger partial charge in [-0.1, -0.05) is 15.9 Å². The number of fused-ring (bicyclic) bond motifs is 1. The van der Waals surface area contributed by atoms with Gasteiger partial charge in [-0.2, -0.15) is 0 Å². The Bertz CT molecular complexity index is 535. The van der Waals surface area contributed by atoms with E-state index in [9.17, 15) is 13.6 Å². The molecule has 1 amide bonds. The molecule has 22 heavy (non-hydrogen) atoms. The zero-order valence-corrected chi connectivity index (χ0v) is 14.4. The molecule has 0 aliphatic carbocycles. The van der Waals surface area contributed by atoms with Gasteiger partial charge in [0.05, 0.1) is 0 Å². The zero-order chi connectivity index (χ0) is 15.0. The minimum Gasteiger partial charge on any atom is -0.338 e. The maximum absolute atomic E-state index is 13.9. The van der Waals surface area contributed by atoms with E-state index in [1.54, 1.807) is 4.90 Å². The molecule has 3 rings (SSSR count). The summed E-state index contributed by atoms with van der Waals surface area (Å²) in [4.78, 5) is 14.0. The van der Waals surface area contributed by atoms with Crippen molar-refractivity contribution in [2.24, 2.45) is 11.8 Å². The van der Waals surface area contributed by atoms with Gasteiger partial charge in [0.1, 0.15) is 17.2 Å². The summed E-state index contributed by atoms with van der Waals surface area (Å²) in [7, 11) is 0. The third-order valence-electron chi connectivity index (χ3n) is 4.53.